The first-order valence-corrected chi connectivity index (χ1v) is 10.9. The van der Waals surface area contributed by atoms with Crippen LogP contribution in [0.5, 0.6) is 34.5 Å². The molecule has 3 aromatic carbocycles. The summed E-state index contributed by atoms with van der Waals surface area (Å²) in [6, 6.07) is 16.1. The molecule has 1 aliphatic carbocycles. The SMILES string of the molecule is Oc1cc2cc(c1O)OC1C=CC(C=C1)CCc1cccc(O)c1Oc1cccc(c1)/C=C\2. The normalized spacial score (nSPS) is 20.1. The Kier molecular flexibility index (Phi) is 5.53. The topological polar surface area (TPSA) is 79.2 Å². The molecule has 5 nitrogen and oxygen atoms in total. The van der Waals surface area contributed by atoms with Crippen LogP contribution in [0.1, 0.15) is 23.1 Å². The van der Waals surface area contributed by atoms with Gasteiger partial charge in [0.05, 0.1) is 0 Å². The van der Waals surface area contributed by atoms with Gasteiger partial charge in [0, 0.05) is 0 Å². The van der Waals surface area contributed by atoms with E-state index in [9.17, 15) is 15.3 Å². The van der Waals surface area contributed by atoms with E-state index in [1.807, 2.05) is 60.7 Å². The van der Waals surface area contributed by atoms with Crippen LogP contribution in [0.3, 0.4) is 0 Å². The number of para-hydroxylation sites is 1. The number of hydrogen-bond donors (Lipinski definition) is 3. The third kappa shape index (κ3) is 4.58. The number of hydrogen-bond acceptors (Lipinski definition) is 5. The van der Waals surface area contributed by atoms with Gasteiger partial charge in [0.2, 0.25) is 5.75 Å². The van der Waals surface area contributed by atoms with Crippen molar-refractivity contribution in [3.8, 4) is 34.5 Å². The molecule has 0 saturated carbocycles. The molecule has 0 fully saturated rings. The van der Waals surface area contributed by atoms with Gasteiger partial charge in [-0.1, -0.05) is 48.6 Å². The summed E-state index contributed by atoms with van der Waals surface area (Å²) >= 11 is 0. The fourth-order valence-electron chi connectivity index (χ4n) is 4.05. The molecule has 3 aliphatic rings. The van der Waals surface area contributed by atoms with E-state index >= 15 is 0 Å². The van der Waals surface area contributed by atoms with E-state index in [0.717, 1.165) is 24.0 Å². The molecule has 3 N–H and O–H groups in total. The molecule has 2 aliphatic heterocycles. The Bertz CT molecular complexity index is 1260. The molecular weight excluding hydrogens is 416 g/mol. The van der Waals surface area contributed by atoms with Crippen molar-refractivity contribution in [1.82, 2.24) is 0 Å². The molecule has 0 atom stereocenters. The van der Waals surface area contributed by atoms with Crippen LogP contribution in [-0.2, 0) is 6.42 Å². The lowest BCUT2D eigenvalue weighted by Crippen LogP contribution is -2.15. The maximum Gasteiger partial charge on any atom is 0.200 e. The number of rotatable bonds is 0. The second kappa shape index (κ2) is 8.79. The molecule has 0 saturated heterocycles. The summed E-state index contributed by atoms with van der Waals surface area (Å²) in [5.74, 6) is 1.09. The average Bonchev–Trinajstić information content (AvgIpc) is 2.82. The largest absolute Gasteiger partial charge is 0.504 e. The van der Waals surface area contributed by atoms with E-state index < -0.39 is 0 Å². The summed E-state index contributed by atoms with van der Waals surface area (Å²) in [6.45, 7) is 0. The van der Waals surface area contributed by atoms with Gasteiger partial charge in [-0.25, -0.2) is 0 Å². The second-order valence-corrected chi connectivity index (χ2v) is 8.21. The van der Waals surface area contributed by atoms with Crippen LogP contribution in [0.2, 0.25) is 0 Å². The molecule has 6 bridgehead atoms. The highest BCUT2D eigenvalue weighted by molar-refractivity contribution is 5.73. The zero-order valence-corrected chi connectivity index (χ0v) is 17.9. The number of phenolic OH excluding ortho intramolecular Hbond substituents is 3. The fourth-order valence-corrected chi connectivity index (χ4v) is 4.05. The van der Waals surface area contributed by atoms with Crippen LogP contribution in [0.4, 0.5) is 0 Å². The highest BCUT2D eigenvalue weighted by Gasteiger charge is 2.17. The minimum Gasteiger partial charge on any atom is -0.504 e. The molecule has 3 aromatic rings. The van der Waals surface area contributed by atoms with Crippen LogP contribution < -0.4 is 9.47 Å². The lowest BCUT2D eigenvalue weighted by molar-refractivity contribution is 0.272. The van der Waals surface area contributed by atoms with Crippen molar-refractivity contribution in [2.75, 3.05) is 0 Å². The number of allylic oxidation sites excluding steroid dienone is 2. The summed E-state index contributed by atoms with van der Waals surface area (Å²) in [4.78, 5) is 0. The molecule has 166 valence electrons. The molecular formula is C28H24O5. The van der Waals surface area contributed by atoms with Crippen LogP contribution in [0.15, 0.2) is 78.9 Å². The quantitative estimate of drug-likeness (QED) is 0.286. The van der Waals surface area contributed by atoms with Crippen molar-refractivity contribution in [1.29, 1.82) is 0 Å². The van der Waals surface area contributed by atoms with E-state index in [4.69, 9.17) is 9.47 Å². The highest BCUT2D eigenvalue weighted by atomic mass is 16.5. The van der Waals surface area contributed by atoms with Crippen molar-refractivity contribution in [2.24, 2.45) is 5.92 Å². The Morgan fingerprint density at radius 3 is 2.39 bits per heavy atom. The van der Waals surface area contributed by atoms with Gasteiger partial charge in [-0.05, 0) is 77.9 Å². The summed E-state index contributed by atoms with van der Waals surface area (Å²) in [5.41, 5.74) is 2.50. The summed E-state index contributed by atoms with van der Waals surface area (Å²) in [6.07, 6.45) is 12.9. The number of fused-ring (bicyclic) bond motifs is 1. The van der Waals surface area contributed by atoms with Gasteiger partial charge < -0.3 is 24.8 Å². The Morgan fingerprint density at radius 1 is 0.758 bits per heavy atom. The van der Waals surface area contributed by atoms with Crippen LogP contribution in [-0.4, -0.2) is 21.4 Å². The van der Waals surface area contributed by atoms with E-state index in [2.05, 4.69) is 12.2 Å². The van der Waals surface area contributed by atoms with Crippen molar-refractivity contribution in [3.05, 3.63) is 95.6 Å². The molecule has 0 spiro atoms. The van der Waals surface area contributed by atoms with E-state index in [-0.39, 0.29) is 35.0 Å². The molecule has 0 radical (unpaired) electrons. The first-order chi connectivity index (χ1) is 16.0. The molecule has 0 unspecified atom stereocenters. The number of phenols is 3. The van der Waals surface area contributed by atoms with E-state index in [1.165, 1.54) is 6.07 Å². The number of aromatic hydroxyl groups is 3. The minimum absolute atomic E-state index is 0.109. The van der Waals surface area contributed by atoms with Crippen molar-refractivity contribution < 1.29 is 24.8 Å². The Morgan fingerprint density at radius 2 is 1.55 bits per heavy atom. The fraction of sp³-hybridized carbons (Fsp3) is 0.143. The average molecular weight is 440 g/mol. The smallest absolute Gasteiger partial charge is 0.200 e. The molecule has 0 aromatic heterocycles. The second-order valence-electron chi connectivity index (χ2n) is 8.21. The predicted molar refractivity (Wildman–Crippen MR) is 128 cm³/mol. The summed E-state index contributed by atoms with van der Waals surface area (Å²) in [7, 11) is 0. The molecule has 6 rings (SSSR count). The summed E-state index contributed by atoms with van der Waals surface area (Å²) < 4.78 is 12.1. The van der Waals surface area contributed by atoms with E-state index in [1.54, 1.807) is 12.1 Å². The van der Waals surface area contributed by atoms with Crippen molar-refractivity contribution in [2.45, 2.75) is 18.9 Å². The van der Waals surface area contributed by atoms with Crippen molar-refractivity contribution >= 4 is 12.2 Å². The van der Waals surface area contributed by atoms with Gasteiger partial charge in [0.1, 0.15) is 11.9 Å². The third-order valence-corrected chi connectivity index (χ3v) is 5.81. The first-order valence-electron chi connectivity index (χ1n) is 10.9. The Labute approximate surface area is 192 Å². The highest BCUT2D eigenvalue weighted by Crippen LogP contribution is 2.39. The van der Waals surface area contributed by atoms with Crippen LogP contribution in [0, 0.1) is 5.92 Å². The first kappa shape index (κ1) is 20.8. The van der Waals surface area contributed by atoms with Gasteiger partial charge in [0.25, 0.3) is 0 Å². The van der Waals surface area contributed by atoms with E-state index in [0.29, 0.717) is 17.1 Å². The van der Waals surface area contributed by atoms with Crippen molar-refractivity contribution in [3.63, 3.8) is 0 Å². The number of benzene rings is 3. The minimum atomic E-state index is -0.346. The molecule has 2 heterocycles. The van der Waals surface area contributed by atoms with Gasteiger partial charge in [0.15, 0.2) is 23.0 Å². The van der Waals surface area contributed by atoms with Gasteiger partial charge in [-0.15, -0.1) is 0 Å². The van der Waals surface area contributed by atoms with Crippen LogP contribution >= 0.6 is 0 Å². The zero-order valence-electron chi connectivity index (χ0n) is 17.9. The molecule has 5 heteroatoms. The van der Waals surface area contributed by atoms with Crippen LogP contribution in [0.25, 0.3) is 12.2 Å². The maximum absolute atomic E-state index is 10.5. The Balaban J connectivity index is 1.57. The number of aryl methyl sites for hydroxylation is 1. The number of ether oxygens (including phenoxy) is 2. The third-order valence-electron chi connectivity index (χ3n) is 5.81. The predicted octanol–water partition coefficient (Wildman–Crippen LogP) is 6.20. The summed E-state index contributed by atoms with van der Waals surface area (Å²) in [5, 5.41) is 30.9. The maximum atomic E-state index is 10.5. The molecule has 33 heavy (non-hydrogen) atoms. The lowest BCUT2D eigenvalue weighted by Gasteiger charge is -2.20. The standard InChI is InChI=1S/C28H24O5/c29-24-6-2-4-21-12-9-18-10-13-22(14-11-18)32-26-17-20(16-25(30)27(26)31)8-7-19-3-1-5-23(15-19)33-28(21)24/h1-8,10-11,13-18,22,29-31H,9,12H2/b8-7-. The Hall–Kier alpha value is -4.12. The van der Waals surface area contributed by atoms with Gasteiger partial charge in [-0.2, -0.15) is 0 Å². The van der Waals surface area contributed by atoms with Gasteiger partial charge in [-0.3, -0.25) is 0 Å². The zero-order chi connectivity index (χ0) is 22.8. The van der Waals surface area contributed by atoms with Gasteiger partial charge >= 0.3 is 0 Å². The molecule has 0 amide bonds. The lowest BCUT2D eigenvalue weighted by atomic mass is 9.94. The monoisotopic (exact) mass is 440 g/mol.